The van der Waals surface area contributed by atoms with Crippen LogP contribution in [0.3, 0.4) is 0 Å². The van der Waals surface area contributed by atoms with Gasteiger partial charge in [0.25, 0.3) is 0 Å². The van der Waals surface area contributed by atoms with Crippen LogP contribution >= 0.6 is 0 Å². The monoisotopic (exact) mass is 584 g/mol. The molecule has 2 atom stereocenters. The van der Waals surface area contributed by atoms with Gasteiger partial charge in [-0.2, -0.15) is 0 Å². The summed E-state index contributed by atoms with van der Waals surface area (Å²) in [5.74, 6) is 5.50. The van der Waals surface area contributed by atoms with Crippen LogP contribution in [0.5, 0.6) is 11.5 Å². The van der Waals surface area contributed by atoms with Gasteiger partial charge in [-0.3, -0.25) is 14.4 Å². The summed E-state index contributed by atoms with van der Waals surface area (Å²) in [7, 11) is 0. The lowest BCUT2D eigenvalue weighted by Crippen LogP contribution is -2.32. The molecule has 0 saturated heterocycles. The van der Waals surface area contributed by atoms with Gasteiger partial charge in [-0.1, -0.05) is 11.8 Å². The number of carboxylic acid groups (broad SMARTS) is 1. The number of hydrogen-bond acceptors (Lipinski definition) is 9. The summed E-state index contributed by atoms with van der Waals surface area (Å²) in [4.78, 5) is 37.9. The Labute approximate surface area is 243 Å². The average molecular weight is 585 g/mol. The van der Waals surface area contributed by atoms with Crippen LogP contribution in [0.4, 0.5) is 5.69 Å². The van der Waals surface area contributed by atoms with Gasteiger partial charge in [0.2, 0.25) is 11.8 Å². The van der Waals surface area contributed by atoms with E-state index in [2.05, 4.69) is 17.2 Å². The first-order valence-corrected chi connectivity index (χ1v) is 13.6. The van der Waals surface area contributed by atoms with Gasteiger partial charge in [0.1, 0.15) is 36.9 Å². The van der Waals surface area contributed by atoms with Gasteiger partial charge in [0.15, 0.2) is 0 Å². The molecule has 2 aromatic carbocycles. The highest BCUT2D eigenvalue weighted by Crippen LogP contribution is 2.31. The molecule has 3 rings (SSSR count). The molecule has 12 nitrogen and oxygen atoms in total. The third kappa shape index (κ3) is 10.0. The summed E-state index contributed by atoms with van der Waals surface area (Å²) < 4.78 is 11.2. The Balaban J connectivity index is 1.81. The molecule has 1 aliphatic heterocycles. The molecule has 1 aliphatic rings. The van der Waals surface area contributed by atoms with E-state index in [4.69, 9.17) is 24.8 Å². The van der Waals surface area contributed by atoms with Crippen LogP contribution in [0.15, 0.2) is 36.4 Å². The molecule has 0 fully saturated rings. The summed E-state index contributed by atoms with van der Waals surface area (Å²) in [5, 5.41) is 48.9. The van der Waals surface area contributed by atoms with Gasteiger partial charge in [-0.25, -0.2) is 0 Å². The first kappa shape index (κ1) is 32.4. The van der Waals surface area contributed by atoms with Gasteiger partial charge < -0.3 is 45.2 Å². The maximum Gasteiger partial charge on any atom is 0.303 e. The summed E-state index contributed by atoms with van der Waals surface area (Å²) in [5.41, 5.74) is 2.37. The summed E-state index contributed by atoms with van der Waals surface area (Å²) >= 11 is 0. The van der Waals surface area contributed by atoms with Gasteiger partial charge in [-0.05, 0) is 48.7 Å². The van der Waals surface area contributed by atoms with E-state index in [1.165, 1.54) is 4.90 Å². The summed E-state index contributed by atoms with van der Waals surface area (Å²) in [6, 6.07) is 10.1. The van der Waals surface area contributed by atoms with Crippen LogP contribution in [0.2, 0.25) is 0 Å². The van der Waals surface area contributed by atoms with Crippen LogP contribution in [-0.2, 0) is 20.9 Å². The lowest BCUT2D eigenvalue weighted by Gasteiger charge is -2.27. The molecule has 0 saturated carbocycles. The third-order valence-corrected chi connectivity index (χ3v) is 6.29. The topological polar surface area (TPSA) is 186 Å². The standard InChI is InChI=1S/C30H36N2O10/c33-16-23(35)18-41-25-10-8-20-6-7-21-9-11-26(42-19-24(36)17-34)14-27(21)32(15-22(20)13-25)29(38)4-1-3-28(37)31-12-2-5-30(39)40/h8-11,13-14,23-24,33-36H,1-5,12,15-19H2,(H,31,37)(H,39,40)/t23-,24-/m0/s1. The molecule has 226 valence electrons. The van der Waals surface area contributed by atoms with Gasteiger partial charge >= 0.3 is 5.97 Å². The Hall–Kier alpha value is -4.15. The van der Waals surface area contributed by atoms with E-state index in [-0.39, 0.29) is 63.8 Å². The van der Waals surface area contributed by atoms with Crippen molar-refractivity contribution in [2.24, 2.45) is 0 Å². The minimum atomic E-state index is -1.07. The van der Waals surface area contributed by atoms with Crippen LogP contribution in [0, 0.1) is 11.8 Å². The largest absolute Gasteiger partial charge is 0.491 e. The van der Waals surface area contributed by atoms with Crippen LogP contribution in [0.25, 0.3) is 0 Å². The molecule has 0 aliphatic carbocycles. The minimum Gasteiger partial charge on any atom is -0.491 e. The zero-order chi connectivity index (χ0) is 30.5. The molecular weight excluding hydrogens is 548 g/mol. The number of aliphatic hydroxyl groups is 4. The van der Waals surface area contributed by atoms with E-state index >= 15 is 0 Å². The Kier molecular flexibility index (Phi) is 12.6. The van der Waals surface area contributed by atoms with E-state index in [0.717, 1.165) is 0 Å². The number of carbonyl (C=O) groups excluding carboxylic acids is 2. The van der Waals surface area contributed by atoms with Crippen LogP contribution in [0.1, 0.15) is 48.8 Å². The number of benzene rings is 2. The Bertz CT molecular complexity index is 1300. The van der Waals surface area contributed by atoms with Crippen molar-refractivity contribution in [3.8, 4) is 23.3 Å². The molecule has 0 aromatic heterocycles. The van der Waals surface area contributed by atoms with Crippen molar-refractivity contribution < 1.29 is 49.4 Å². The molecule has 2 amide bonds. The van der Waals surface area contributed by atoms with Gasteiger partial charge in [-0.15, -0.1) is 0 Å². The zero-order valence-electron chi connectivity index (χ0n) is 23.1. The minimum absolute atomic E-state index is 0.0396. The van der Waals surface area contributed by atoms with E-state index in [1.54, 1.807) is 36.4 Å². The van der Waals surface area contributed by atoms with Crippen molar-refractivity contribution in [3.63, 3.8) is 0 Å². The molecule has 12 heteroatoms. The first-order valence-electron chi connectivity index (χ1n) is 13.6. The number of ether oxygens (including phenoxy) is 2. The van der Waals surface area contributed by atoms with Crippen molar-refractivity contribution >= 4 is 23.5 Å². The Morgan fingerprint density at radius 3 is 2.12 bits per heavy atom. The molecule has 0 bridgehead atoms. The number of rotatable bonds is 16. The smallest absolute Gasteiger partial charge is 0.303 e. The fraction of sp³-hybridized carbons (Fsp3) is 0.433. The molecular formula is C30H36N2O10. The lowest BCUT2D eigenvalue weighted by atomic mass is 10.0. The van der Waals surface area contributed by atoms with E-state index in [9.17, 15) is 24.6 Å². The number of aliphatic carboxylic acids is 1. The van der Waals surface area contributed by atoms with E-state index in [1.807, 2.05) is 0 Å². The van der Waals surface area contributed by atoms with Gasteiger partial charge in [0, 0.05) is 43.0 Å². The Morgan fingerprint density at radius 1 is 0.857 bits per heavy atom. The highest BCUT2D eigenvalue weighted by molar-refractivity contribution is 5.95. The number of carboxylic acids is 1. The summed E-state index contributed by atoms with van der Waals surface area (Å²) in [6.45, 7) is -0.841. The molecule has 0 unspecified atom stereocenters. The van der Waals surface area contributed by atoms with Crippen molar-refractivity contribution in [2.45, 2.75) is 50.9 Å². The van der Waals surface area contributed by atoms with Crippen molar-refractivity contribution in [1.82, 2.24) is 5.32 Å². The number of fused-ring (bicyclic) bond motifs is 2. The number of aliphatic hydroxyl groups excluding tert-OH is 4. The normalized spacial score (nSPS) is 13.3. The molecule has 0 spiro atoms. The predicted molar refractivity (Wildman–Crippen MR) is 151 cm³/mol. The number of amides is 2. The van der Waals surface area contributed by atoms with Crippen molar-refractivity contribution in [1.29, 1.82) is 0 Å². The number of carbonyl (C=O) groups is 3. The second-order valence-corrected chi connectivity index (χ2v) is 9.72. The highest BCUT2D eigenvalue weighted by atomic mass is 16.5. The zero-order valence-corrected chi connectivity index (χ0v) is 23.1. The summed E-state index contributed by atoms with van der Waals surface area (Å²) in [6.07, 6.45) is -1.47. The van der Waals surface area contributed by atoms with Crippen LogP contribution in [-0.4, -0.2) is 88.5 Å². The van der Waals surface area contributed by atoms with Crippen LogP contribution < -0.4 is 19.7 Å². The second-order valence-electron chi connectivity index (χ2n) is 9.72. The molecule has 2 aromatic rings. The van der Waals surface area contributed by atoms with E-state index in [0.29, 0.717) is 40.3 Å². The number of nitrogens with zero attached hydrogens (tertiary/aromatic N) is 1. The van der Waals surface area contributed by atoms with Gasteiger partial charge in [0.05, 0.1) is 25.4 Å². The number of hydrogen-bond donors (Lipinski definition) is 6. The number of anilines is 1. The predicted octanol–water partition coefficient (Wildman–Crippen LogP) is 0.548. The third-order valence-electron chi connectivity index (χ3n) is 6.29. The second kappa shape index (κ2) is 16.3. The highest BCUT2D eigenvalue weighted by Gasteiger charge is 2.23. The SMILES string of the molecule is O=C(O)CCCNC(=O)CCCC(=O)N1Cc2cc(OC[C@@H](O)CO)ccc2C#Cc2ccc(OC[C@@H](O)CO)cc21. The fourth-order valence-electron chi connectivity index (χ4n) is 4.04. The lowest BCUT2D eigenvalue weighted by molar-refractivity contribution is -0.137. The average Bonchev–Trinajstić information content (AvgIpc) is 2.97. The molecule has 42 heavy (non-hydrogen) atoms. The quantitative estimate of drug-likeness (QED) is 0.120. The maximum atomic E-state index is 13.6. The molecule has 1 heterocycles. The maximum absolute atomic E-state index is 13.6. The van der Waals surface area contributed by atoms with Crippen molar-refractivity contribution in [3.05, 3.63) is 53.1 Å². The van der Waals surface area contributed by atoms with E-state index < -0.39 is 31.4 Å². The number of nitrogens with one attached hydrogen (secondary N) is 1. The fourth-order valence-corrected chi connectivity index (χ4v) is 4.04. The van der Waals surface area contributed by atoms with Crippen molar-refractivity contribution in [2.75, 3.05) is 37.9 Å². The molecule has 0 radical (unpaired) electrons. The first-order chi connectivity index (χ1) is 20.2. The Morgan fingerprint density at radius 2 is 1.48 bits per heavy atom. The molecule has 6 N–H and O–H groups in total.